The van der Waals surface area contributed by atoms with E-state index in [9.17, 15) is 4.79 Å². The standard InChI is InChI=1S/C10H16BrN3O/c1-7(2)5-8(11)6-12-10(15)9-3-4-13-14-9/h3-4,7-8H,5-6H2,1-2H3,(H,12,15)(H,13,14). The van der Waals surface area contributed by atoms with Gasteiger partial charge in [-0.1, -0.05) is 29.8 Å². The Kier molecular flexibility index (Phi) is 4.81. The molecule has 1 atom stereocenters. The van der Waals surface area contributed by atoms with Crippen molar-refractivity contribution in [1.29, 1.82) is 0 Å². The third-order valence-electron chi connectivity index (χ3n) is 1.96. The highest BCUT2D eigenvalue weighted by Gasteiger charge is 2.10. The predicted molar refractivity (Wildman–Crippen MR) is 63.1 cm³/mol. The smallest absolute Gasteiger partial charge is 0.269 e. The summed E-state index contributed by atoms with van der Waals surface area (Å²) < 4.78 is 0. The third-order valence-corrected chi connectivity index (χ3v) is 2.65. The number of H-pyrrole nitrogens is 1. The fourth-order valence-electron chi connectivity index (χ4n) is 1.28. The Bertz CT molecular complexity index is 298. The molecule has 1 amide bonds. The molecule has 2 N–H and O–H groups in total. The van der Waals surface area contributed by atoms with Crippen molar-refractivity contribution in [2.75, 3.05) is 6.54 Å². The zero-order valence-electron chi connectivity index (χ0n) is 8.96. The first kappa shape index (κ1) is 12.2. The summed E-state index contributed by atoms with van der Waals surface area (Å²) in [6, 6.07) is 1.65. The van der Waals surface area contributed by atoms with Crippen LogP contribution in [0.1, 0.15) is 30.8 Å². The summed E-state index contributed by atoms with van der Waals surface area (Å²) in [6.45, 7) is 4.95. The number of hydrogen-bond acceptors (Lipinski definition) is 2. The van der Waals surface area contributed by atoms with Gasteiger partial charge in [0.2, 0.25) is 0 Å². The Morgan fingerprint density at radius 1 is 1.67 bits per heavy atom. The highest BCUT2D eigenvalue weighted by molar-refractivity contribution is 9.09. The van der Waals surface area contributed by atoms with E-state index in [0.717, 1.165) is 6.42 Å². The first-order valence-corrected chi connectivity index (χ1v) is 5.92. The normalized spacial score (nSPS) is 12.8. The zero-order chi connectivity index (χ0) is 11.3. The highest BCUT2D eigenvalue weighted by Crippen LogP contribution is 2.11. The van der Waals surface area contributed by atoms with Crippen LogP contribution in [0.5, 0.6) is 0 Å². The van der Waals surface area contributed by atoms with Crippen molar-refractivity contribution in [2.24, 2.45) is 5.92 Å². The van der Waals surface area contributed by atoms with Crippen molar-refractivity contribution in [1.82, 2.24) is 15.5 Å². The maximum atomic E-state index is 11.5. The number of nitrogens with one attached hydrogen (secondary N) is 2. The fraction of sp³-hybridized carbons (Fsp3) is 0.600. The van der Waals surface area contributed by atoms with Crippen LogP contribution in [0.15, 0.2) is 12.3 Å². The molecule has 15 heavy (non-hydrogen) atoms. The van der Waals surface area contributed by atoms with Crippen LogP contribution in [-0.2, 0) is 0 Å². The van der Waals surface area contributed by atoms with Crippen LogP contribution in [0.3, 0.4) is 0 Å². The first-order chi connectivity index (χ1) is 7.09. The zero-order valence-corrected chi connectivity index (χ0v) is 10.5. The SMILES string of the molecule is CC(C)CC(Br)CNC(=O)c1ccn[nH]1. The Hall–Kier alpha value is -0.840. The summed E-state index contributed by atoms with van der Waals surface area (Å²) in [5.41, 5.74) is 0.499. The predicted octanol–water partition coefficient (Wildman–Crippen LogP) is 1.95. The van der Waals surface area contributed by atoms with Crippen molar-refractivity contribution < 1.29 is 4.79 Å². The molecule has 5 heteroatoms. The molecular formula is C10H16BrN3O. The maximum absolute atomic E-state index is 11.5. The molecule has 1 heterocycles. The summed E-state index contributed by atoms with van der Waals surface area (Å²) in [5, 5.41) is 9.18. The molecule has 0 aliphatic rings. The van der Waals surface area contributed by atoms with E-state index in [1.165, 1.54) is 0 Å². The average molecular weight is 274 g/mol. The molecule has 1 aromatic rings. The minimum absolute atomic E-state index is 0.110. The van der Waals surface area contributed by atoms with Gasteiger partial charge in [-0.05, 0) is 18.4 Å². The Balaban J connectivity index is 2.28. The number of halogens is 1. The van der Waals surface area contributed by atoms with E-state index < -0.39 is 0 Å². The monoisotopic (exact) mass is 273 g/mol. The summed E-state index contributed by atoms with van der Waals surface area (Å²) in [4.78, 5) is 11.8. The number of aromatic amines is 1. The van der Waals surface area contributed by atoms with E-state index >= 15 is 0 Å². The second-order valence-corrected chi connectivity index (χ2v) is 5.20. The molecule has 1 aromatic heterocycles. The maximum Gasteiger partial charge on any atom is 0.269 e. The number of carbonyl (C=O) groups is 1. The molecule has 0 saturated heterocycles. The second kappa shape index (κ2) is 5.90. The topological polar surface area (TPSA) is 57.8 Å². The lowest BCUT2D eigenvalue weighted by atomic mass is 10.1. The first-order valence-electron chi connectivity index (χ1n) is 5.01. The number of alkyl halides is 1. The fourth-order valence-corrected chi connectivity index (χ4v) is 2.19. The quantitative estimate of drug-likeness (QED) is 0.806. The number of amides is 1. The van der Waals surface area contributed by atoms with Crippen molar-refractivity contribution in [2.45, 2.75) is 25.1 Å². The van der Waals surface area contributed by atoms with Crippen LogP contribution in [0.2, 0.25) is 0 Å². The molecule has 0 saturated carbocycles. The largest absolute Gasteiger partial charge is 0.350 e. The summed E-state index contributed by atoms with van der Waals surface area (Å²) >= 11 is 3.53. The third kappa shape index (κ3) is 4.46. The van der Waals surface area contributed by atoms with E-state index in [1.807, 2.05) is 0 Å². The van der Waals surface area contributed by atoms with E-state index in [4.69, 9.17) is 0 Å². The van der Waals surface area contributed by atoms with Gasteiger partial charge in [-0.25, -0.2) is 0 Å². The Morgan fingerprint density at radius 3 is 2.93 bits per heavy atom. The Labute approximate surface area is 98.0 Å². The molecular weight excluding hydrogens is 258 g/mol. The van der Waals surface area contributed by atoms with E-state index in [-0.39, 0.29) is 5.91 Å². The van der Waals surface area contributed by atoms with Gasteiger partial charge >= 0.3 is 0 Å². The van der Waals surface area contributed by atoms with Gasteiger partial charge in [0.05, 0.1) is 0 Å². The summed E-state index contributed by atoms with van der Waals surface area (Å²) in [7, 11) is 0. The van der Waals surface area contributed by atoms with Gasteiger partial charge in [0, 0.05) is 17.6 Å². The lowest BCUT2D eigenvalue weighted by Crippen LogP contribution is -2.30. The van der Waals surface area contributed by atoms with E-state index in [1.54, 1.807) is 12.3 Å². The van der Waals surface area contributed by atoms with Crippen LogP contribution in [0.25, 0.3) is 0 Å². The lowest BCUT2D eigenvalue weighted by Gasteiger charge is -2.12. The molecule has 0 bridgehead atoms. The van der Waals surface area contributed by atoms with Gasteiger partial charge in [0.15, 0.2) is 0 Å². The highest BCUT2D eigenvalue weighted by atomic mass is 79.9. The van der Waals surface area contributed by atoms with Crippen LogP contribution in [-0.4, -0.2) is 27.5 Å². The average Bonchev–Trinajstić information content (AvgIpc) is 2.65. The molecule has 0 aliphatic heterocycles. The van der Waals surface area contributed by atoms with Gasteiger partial charge in [0.1, 0.15) is 5.69 Å². The van der Waals surface area contributed by atoms with E-state index in [0.29, 0.717) is 23.0 Å². The number of rotatable bonds is 5. The van der Waals surface area contributed by atoms with Crippen LogP contribution < -0.4 is 5.32 Å². The Morgan fingerprint density at radius 2 is 2.40 bits per heavy atom. The van der Waals surface area contributed by atoms with Crippen LogP contribution in [0, 0.1) is 5.92 Å². The van der Waals surface area contributed by atoms with Crippen molar-refractivity contribution in [3.63, 3.8) is 0 Å². The molecule has 0 spiro atoms. The molecule has 1 rings (SSSR count). The molecule has 0 radical (unpaired) electrons. The molecule has 0 fully saturated rings. The van der Waals surface area contributed by atoms with Gasteiger partial charge in [0.25, 0.3) is 5.91 Å². The van der Waals surface area contributed by atoms with Crippen molar-refractivity contribution in [3.05, 3.63) is 18.0 Å². The summed E-state index contributed by atoms with van der Waals surface area (Å²) in [6.07, 6.45) is 2.61. The van der Waals surface area contributed by atoms with Gasteiger partial charge in [-0.15, -0.1) is 0 Å². The number of aromatic nitrogens is 2. The minimum atomic E-state index is -0.110. The van der Waals surface area contributed by atoms with Gasteiger partial charge in [-0.2, -0.15) is 5.10 Å². The van der Waals surface area contributed by atoms with Gasteiger partial charge < -0.3 is 5.32 Å². The van der Waals surface area contributed by atoms with Crippen molar-refractivity contribution >= 4 is 21.8 Å². The minimum Gasteiger partial charge on any atom is -0.350 e. The second-order valence-electron chi connectivity index (χ2n) is 3.91. The van der Waals surface area contributed by atoms with Crippen molar-refractivity contribution in [3.8, 4) is 0 Å². The number of carbonyl (C=O) groups excluding carboxylic acids is 1. The van der Waals surface area contributed by atoms with Crippen LogP contribution >= 0.6 is 15.9 Å². The molecule has 4 nitrogen and oxygen atoms in total. The van der Waals surface area contributed by atoms with Gasteiger partial charge in [-0.3, -0.25) is 9.89 Å². The molecule has 1 unspecified atom stereocenters. The lowest BCUT2D eigenvalue weighted by molar-refractivity contribution is 0.0948. The van der Waals surface area contributed by atoms with E-state index in [2.05, 4.69) is 45.3 Å². The number of nitrogens with zero attached hydrogens (tertiary/aromatic N) is 1. The summed E-state index contributed by atoms with van der Waals surface area (Å²) in [5.74, 6) is 0.513. The van der Waals surface area contributed by atoms with Crippen LogP contribution in [0.4, 0.5) is 0 Å². The molecule has 0 aromatic carbocycles. The molecule has 0 aliphatic carbocycles. The number of hydrogen-bond donors (Lipinski definition) is 2. The molecule has 84 valence electrons.